The standard InChI is InChI=1S/C29H29N7O2/c1-2-3-4-9-26-30-27(18-20-10-16-23(17-11-20)29(37)38)36(33-26)19-21-12-14-22(15-13-21)24-7-5-6-8-25(24)28-31-34-35-32-28/h5-8,10-17H,2-4,9,18-19H2,1H3,(H,37,38)(H,31,32,34,35). The zero-order chi connectivity index (χ0) is 26.3. The molecule has 2 heterocycles. The molecule has 0 aliphatic carbocycles. The van der Waals surface area contributed by atoms with Gasteiger partial charge in [-0.1, -0.05) is 80.4 Å². The fourth-order valence-electron chi connectivity index (χ4n) is 4.45. The third-order valence-electron chi connectivity index (χ3n) is 6.48. The van der Waals surface area contributed by atoms with Gasteiger partial charge in [-0.25, -0.2) is 19.6 Å². The second-order valence-electron chi connectivity index (χ2n) is 9.23. The molecular formula is C29H29N7O2. The van der Waals surface area contributed by atoms with Crippen LogP contribution in [0.5, 0.6) is 0 Å². The highest BCUT2D eigenvalue weighted by Gasteiger charge is 2.14. The number of benzene rings is 3. The zero-order valence-electron chi connectivity index (χ0n) is 21.2. The minimum Gasteiger partial charge on any atom is -0.478 e. The molecule has 38 heavy (non-hydrogen) atoms. The molecule has 0 aliphatic rings. The first-order valence-electron chi connectivity index (χ1n) is 12.8. The molecule has 5 rings (SSSR count). The van der Waals surface area contributed by atoms with Crippen molar-refractivity contribution in [1.82, 2.24) is 35.4 Å². The smallest absolute Gasteiger partial charge is 0.335 e. The van der Waals surface area contributed by atoms with Gasteiger partial charge in [-0.15, -0.1) is 5.10 Å². The molecule has 3 aromatic carbocycles. The Hall–Kier alpha value is -4.66. The lowest BCUT2D eigenvalue weighted by Crippen LogP contribution is -2.08. The number of rotatable bonds is 11. The van der Waals surface area contributed by atoms with E-state index in [4.69, 9.17) is 10.1 Å². The summed E-state index contributed by atoms with van der Waals surface area (Å²) in [4.78, 5) is 16.1. The summed E-state index contributed by atoms with van der Waals surface area (Å²) in [7, 11) is 0. The number of carboxylic acids is 1. The highest BCUT2D eigenvalue weighted by molar-refractivity contribution is 5.87. The van der Waals surface area contributed by atoms with E-state index in [1.54, 1.807) is 12.1 Å². The lowest BCUT2D eigenvalue weighted by Gasteiger charge is -2.10. The summed E-state index contributed by atoms with van der Waals surface area (Å²) in [5.74, 6) is 1.42. The summed E-state index contributed by atoms with van der Waals surface area (Å²) in [6.45, 7) is 2.78. The molecule has 0 saturated heterocycles. The van der Waals surface area contributed by atoms with Crippen molar-refractivity contribution in [3.8, 4) is 22.5 Å². The average molecular weight is 508 g/mol. The van der Waals surface area contributed by atoms with E-state index in [0.29, 0.717) is 18.8 Å². The Morgan fingerprint density at radius 2 is 1.66 bits per heavy atom. The zero-order valence-corrected chi connectivity index (χ0v) is 21.2. The maximum absolute atomic E-state index is 11.2. The molecule has 2 N–H and O–H groups in total. The van der Waals surface area contributed by atoms with Crippen LogP contribution in [0.25, 0.3) is 22.5 Å². The molecule has 0 radical (unpaired) electrons. The van der Waals surface area contributed by atoms with Gasteiger partial charge in [0, 0.05) is 18.4 Å². The van der Waals surface area contributed by atoms with Crippen LogP contribution in [-0.4, -0.2) is 46.5 Å². The van der Waals surface area contributed by atoms with E-state index in [1.165, 1.54) is 0 Å². The Balaban J connectivity index is 1.38. The van der Waals surface area contributed by atoms with Gasteiger partial charge >= 0.3 is 5.97 Å². The monoisotopic (exact) mass is 507 g/mol. The normalized spacial score (nSPS) is 11.1. The van der Waals surface area contributed by atoms with Crippen LogP contribution in [0.2, 0.25) is 0 Å². The maximum Gasteiger partial charge on any atom is 0.335 e. The third-order valence-corrected chi connectivity index (χ3v) is 6.48. The lowest BCUT2D eigenvalue weighted by atomic mass is 9.98. The molecule has 0 spiro atoms. The van der Waals surface area contributed by atoms with Crippen LogP contribution in [0.4, 0.5) is 0 Å². The number of nitrogens with one attached hydrogen (secondary N) is 1. The van der Waals surface area contributed by atoms with Crippen LogP contribution in [-0.2, 0) is 19.4 Å². The van der Waals surface area contributed by atoms with Crippen molar-refractivity contribution < 1.29 is 9.90 Å². The number of aromatic amines is 1. The minimum absolute atomic E-state index is 0.275. The van der Waals surface area contributed by atoms with E-state index < -0.39 is 5.97 Å². The molecule has 0 amide bonds. The molecule has 5 aromatic rings. The number of hydrogen-bond donors (Lipinski definition) is 2. The number of nitrogens with zero attached hydrogens (tertiary/aromatic N) is 6. The van der Waals surface area contributed by atoms with Crippen molar-refractivity contribution in [1.29, 1.82) is 0 Å². The lowest BCUT2D eigenvalue weighted by molar-refractivity contribution is 0.0697. The fraction of sp³-hybridized carbons (Fsp3) is 0.241. The van der Waals surface area contributed by atoms with E-state index in [1.807, 2.05) is 35.0 Å². The van der Waals surface area contributed by atoms with Gasteiger partial charge in [0.2, 0.25) is 0 Å². The first-order chi connectivity index (χ1) is 18.6. The summed E-state index contributed by atoms with van der Waals surface area (Å²) < 4.78 is 1.97. The Morgan fingerprint density at radius 3 is 2.34 bits per heavy atom. The van der Waals surface area contributed by atoms with E-state index >= 15 is 0 Å². The molecule has 0 unspecified atom stereocenters. The number of carbonyl (C=O) groups is 1. The van der Waals surface area contributed by atoms with Gasteiger partial charge in [0.05, 0.1) is 12.1 Å². The number of tetrazole rings is 1. The van der Waals surface area contributed by atoms with Gasteiger partial charge in [0.25, 0.3) is 0 Å². The van der Waals surface area contributed by atoms with Gasteiger partial charge in [-0.2, -0.15) is 5.10 Å². The van der Waals surface area contributed by atoms with Crippen LogP contribution in [0.15, 0.2) is 72.8 Å². The molecule has 192 valence electrons. The van der Waals surface area contributed by atoms with Gasteiger partial charge in [-0.3, -0.25) is 0 Å². The Labute approximate surface area is 220 Å². The Bertz CT molecular complexity index is 1490. The van der Waals surface area contributed by atoms with E-state index in [2.05, 4.69) is 57.9 Å². The summed E-state index contributed by atoms with van der Waals surface area (Å²) in [6.07, 6.45) is 4.77. The van der Waals surface area contributed by atoms with Crippen molar-refractivity contribution in [2.45, 2.75) is 45.6 Å². The second kappa shape index (κ2) is 11.6. The number of H-pyrrole nitrogens is 1. The predicted molar refractivity (Wildman–Crippen MR) is 144 cm³/mol. The molecule has 0 atom stereocenters. The van der Waals surface area contributed by atoms with Crippen molar-refractivity contribution in [3.05, 3.63) is 101 Å². The van der Waals surface area contributed by atoms with Gasteiger partial charge in [-0.05, 0) is 51.2 Å². The van der Waals surface area contributed by atoms with Gasteiger partial charge in [0.1, 0.15) is 5.82 Å². The summed E-state index contributed by atoms with van der Waals surface area (Å²) in [5, 5.41) is 28.4. The van der Waals surface area contributed by atoms with Crippen LogP contribution in [0.1, 0.15) is 59.3 Å². The molecule has 9 heteroatoms. The molecular weight excluding hydrogens is 478 g/mol. The molecule has 0 fully saturated rings. The molecule has 2 aromatic heterocycles. The largest absolute Gasteiger partial charge is 0.478 e. The first-order valence-corrected chi connectivity index (χ1v) is 12.8. The van der Waals surface area contributed by atoms with Crippen LogP contribution < -0.4 is 0 Å². The van der Waals surface area contributed by atoms with Crippen molar-refractivity contribution in [2.75, 3.05) is 0 Å². The van der Waals surface area contributed by atoms with Gasteiger partial charge < -0.3 is 5.11 Å². The SMILES string of the molecule is CCCCCc1nc(Cc2ccc(C(=O)O)cc2)n(Cc2ccc(-c3ccccc3-c3nnn[nH]3)cc2)n1. The fourth-order valence-corrected chi connectivity index (χ4v) is 4.45. The van der Waals surface area contributed by atoms with Crippen LogP contribution in [0.3, 0.4) is 0 Å². The Kier molecular flexibility index (Phi) is 7.63. The number of carboxylic acid groups (broad SMARTS) is 1. The van der Waals surface area contributed by atoms with Crippen LogP contribution >= 0.6 is 0 Å². The quantitative estimate of drug-likeness (QED) is 0.236. The summed E-state index contributed by atoms with van der Waals surface area (Å²) >= 11 is 0. The van der Waals surface area contributed by atoms with E-state index in [0.717, 1.165) is 65.1 Å². The second-order valence-corrected chi connectivity index (χ2v) is 9.23. The maximum atomic E-state index is 11.2. The number of aromatic nitrogens is 7. The first kappa shape index (κ1) is 25.0. The topological polar surface area (TPSA) is 122 Å². The number of aromatic carboxylic acids is 1. The molecule has 9 nitrogen and oxygen atoms in total. The van der Waals surface area contributed by atoms with E-state index in [9.17, 15) is 9.90 Å². The molecule has 0 saturated carbocycles. The predicted octanol–water partition coefficient (Wildman–Crippen LogP) is 5.20. The molecule has 0 bridgehead atoms. The van der Waals surface area contributed by atoms with Crippen molar-refractivity contribution in [2.24, 2.45) is 0 Å². The third kappa shape index (κ3) is 5.83. The summed E-state index contributed by atoms with van der Waals surface area (Å²) in [6, 6.07) is 23.4. The highest BCUT2D eigenvalue weighted by atomic mass is 16.4. The van der Waals surface area contributed by atoms with Crippen LogP contribution in [0, 0.1) is 0 Å². The van der Waals surface area contributed by atoms with Crippen molar-refractivity contribution >= 4 is 5.97 Å². The highest BCUT2D eigenvalue weighted by Crippen LogP contribution is 2.29. The average Bonchev–Trinajstić information content (AvgIpc) is 3.60. The number of aryl methyl sites for hydroxylation is 1. The van der Waals surface area contributed by atoms with Gasteiger partial charge in [0.15, 0.2) is 11.6 Å². The van der Waals surface area contributed by atoms with E-state index in [-0.39, 0.29) is 5.56 Å². The summed E-state index contributed by atoms with van der Waals surface area (Å²) in [5.41, 5.74) is 5.43. The Morgan fingerprint density at radius 1 is 0.921 bits per heavy atom. The molecule has 0 aliphatic heterocycles. The minimum atomic E-state index is -0.929. The number of unbranched alkanes of at least 4 members (excludes halogenated alkanes) is 2. The number of hydrogen-bond acceptors (Lipinski definition) is 6. The van der Waals surface area contributed by atoms with Crippen molar-refractivity contribution in [3.63, 3.8) is 0 Å².